The van der Waals surface area contributed by atoms with Gasteiger partial charge in [0, 0.05) is 37.8 Å². The van der Waals surface area contributed by atoms with E-state index >= 15 is 0 Å². The molecule has 1 atom stereocenters. The van der Waals surface area contributed by atoms with Crippen molar-refractivity contribution in [3.63, 3.8) is 0 Å². The number of aromatic amines is 1. The van der Waals surface area contributed by atoms with Crippen LogP contribution in [0.5, 0.6) is 0 Å². The molecule has 21 heavy (non-hydrogen) atoms. The second kappa shape index (κ2) is 6.37. The van der Waals surface area contributed by atoms with Crippen LogP contribution >= 0.6 is 0 Å². The number of fused-ring (bicyclic) bond motifs is 1. The molecule has 0 aromatic carbocycles. The lowest BCUT2D eigenvalue weighted by molar-refractivity contribution is 0.235. The maximum Gasteiger partial charge on any atom is 0.0925 e. The SMILES string of the molecule is CCN(Cc1cccc(C)n1)CC1Cc2nc[nH]c2CN1. The Hall–Kier alpha value is -1.72. The summed E-state index contributed by atoms with van der Waals surface area (Å²) in [7, 11) is 0. The maximum absolute atomic E-state index is 4.60. The van der Waals surface area contributed by atoms with Gasteiger partial charge in [0.15, 0.2) is 0 Å². The van der Waals surface area contributed by atoms with E-state index in [1.54, 1.807) is 6.33 Å². The van der Waals surface area contributed by atoms with Crippen LogP contribution in [-0.4, -0.2) is 39.0 Å². The van der Waals surface area contributed by atoms with Gasteiger partial charge >= 0.3 is 0 Å². The Morgan fingerprint density at radius 3 is 3.10 bits per heavy atom. The van der Waals surface area contributed by atoms with E-state index in [0.717, 1.165) is 44.0 Å². The summed E-state index contributed by atoms with van der Waals surface area (Å²) in [6, 6.07) is 6.70. The summed E-state index contributed by atoms with van der Waals surface area (Å²) in [5, 5.41) is 3.59. The third kappa shape index (κ3) is 3.49. The van der Waals surface area contributed by atoms with Gasteiger partial charge in [0.05, 0.1) is 23.4 Å². The van der Waals surface area contributed by atoms with Crippen molar-refractivity contribution in [3.8, 4) is 0 Å². The predicted octanol–water partition coefficient (Wildman–Crippen LogP) is 1.65. The van der Waals surface area contributed by atoms with Gasteiger partial charge in [-0.3, -0.25) is 9.88 Å². The van der Waals surface area contributed by atoms with Crippen LogP contribution in [0.2, 0.25) is 0 Å². The van der Waals surface area contributed by atoms with Crippen LogP contribution < -0.4 is 5.32 Å². The molecule has 0 aliphatic carbocycles. The van der Waals surface area contributed by atoms with E-state index in [4.69, 9.17) is 0 Å². The van der Waals surface area contributed by atoms with Crippen molar-refractivity contribution in [2.45, 2.75) is 39.4 Å². The molecule has 0 fully saturated rings. The minimum atomic E-state index is 0.463. The van der Waals surface area contributed by atoms with E-state index < -0.39 is 0 Å². The molecule has 2 aromatic rings. The van der Waals surface area contributed by atoms with Gasteiger partial charge in [-0.25, -0.2) is 4.98 Å². The predicted molar refractivity (Wildman–Crippen MR) is 82.8 cm³/mol. The molecule has 3 rings (SSSR count). The zero-order chi connectivity index (χ0) is 14.7. The Morgan fingerprint density at radius 2 is 2.29 bits per heavy atom. The molecule has 1 aliphatic rings. The van der Waals surface area contributed by atoms with E-state index in [0.29, 0.717) is 6.04 Å². The summed E-state index contributed by atoms with van der Waals surface area (Å²) in [5.41, 5.74) is 4.67. The average molecular weight is 285 g/mol. The van der Waals surface area contributed by atoms with Crippen molar-refractivity contribution in [2.24, 2.45) is 0 Å². The van der Waals surface area contributed by atoms with Gasteiger partial charge in [0.25, 0.3) is 0 Å². The summed E-state index contributed by atoms with van der Waals surface area (Å²) in [5.74, 6) is 0. The largest absolute Gasteiger partial charge is 0.347 e. The smallest absolute Gasteiger partial charge is 0.0925 e. The highest BCUT2D eigenvalue weighted by Gasteiger charge is 2.21. The molecule has 0 amide bonds. The number of aromatic nitrogens is 3. The van der Waals surface area contributed by atoms with E-state index in [9.17, 15) is 0 Å². The fourth-order valence-electron chi connectivity index (χ4n) is 2.89. The van der Waals surface area contributed by atoms with Crippen molar-refractivity contribution in [3.05, 3.63) is 47.3 Å². The van der Waals surface area contributed by atoms with Crippen LogP contribution in [0.25, 0.3) is 0 Å². The third-order valence-corrected chi connectivity index (χ3v) is 4.07. The molecule has 112 valence electrons. The fourth-order valence-corrected chi connectivity index (χ4v) is 2.89. The van der Waals surface area contributed by atoms with Gasteiger partial charge in [-0.2, -0.15) is 0 Å². The van der Waals surface area contributed by atoms with E-state index in [1.807, 2.05) is 13.0 Å². The van der Waals surface area contributed by atoms with Crippen LogP contribution in [0.4, 0.5) is 0 Å². The molecule has 0 spiro atoms. The molecular formula is C16H23N5. The summed E-state index contributed by atoms with van der Waals surface area (Å²) in [6.07, 6.45) is 2.79. The highest BCUT2D eigenvalue weighted by Crippen LogP contribution is 2.14. The van der Waals surface area contributed by atoms with Gasteiger partial charge < -0.3 is 10.3 Å². The van der Waals surface area contributed by atoms with Gasteiger partial charge in [-0.1, -0.05) is 13.0 Å². The number of rotatable bonds is 5. The lowest BCUT2D eigenvalue weighted by Gasteiger charge is -2.29. The Labute approximate surface area is 125 Å². The van der Waals surface area contributed by atoms with Gasteiger partial charge in [-0.15, -0.1) is 0 Å². The average Bonchev–Trinajstić information content (AvgIpc) is 2.94. The number of nitrogens with zero attached hydrogens (tertiary/aromatic N) is 3. The zero-order valence-electron chi connectivity index (χ0n) is 12.8. The minimum absolute atomic E-state index is 0.463. The Balaban J connectivity index is 1.60. The molecule has 0 saturated carbocycles. The Morgan fingerprint density at radius 1 is 1.38 bits per heavy atom. The summed E-state index contributed by atoms with van der Waals surface area (Å²) < 4.78 is 0. The molecule has 3 heterocycles. The van der Waals surface area contributed by atoms with E-state index in [2.05, 4.69) is 44.2 Å². The molecule has 2 N–H and O–H groups in total. The first-order valence-electron chi connectivity index (χ1n) is 7.64. The van der Waals surface area contributed by atoms with Crippen LogP contribution in [0.1, 0.15) is 29.7 Å². The van der Waals surface area contributed by atoms with E-state index in [-0.39, 0.29) is 0 Å². The highest BCUT2D eigenvalue weighted by molar-refractivity contribution is 5.16. The molecule has 5 nitrogen and oxygen atoms in total. The van der Waals surface area contributed by atoms with Crippen LogP contribution in [0, 0.1) is 6.92 Å². The molecule has 5 heteroatoms. The number of nitrogens with one attached hydrogen (secondary N) is 2. The molecular weight excluding hydrogens is 262 g/mol. The molecule has 2 aromatic heterocycles. The number of aryl methyl sites for hydroxylation is 1. The summed E-state index contributed by atoms with van der Waals surface area (Å²) >= 11 is 0. The molecule has 1 aliphatic heterocycles. The first-order valence-corrected chi connectivity index (χ1v) is 7.64. The summed E-state index contributed by atoms with van der Waals surface area (Å²) in [6.45, 7) is 8.10. The van der Waals surface area contributed by atoms with Crippen molar-refractivity contribution in [1.29, 1.82) is 0 Å². The lowest BCUT2D eigenvalue weighted by atomic mass is 10.0. The lowest BCUT2D eigenvalue weighted by Crippen LogP contribution is -2.44. The van der Waals surface area contributed by atoms with E-state index in [1.165, 1.54) is 11.4 Å². The van der Waals surface area contributed by atoms with Crippen molar-refractivity contribution < 1.29 is 0 Å². The number of pyridine rings is 1. The van der Waals surface area contributed by atoms with Gasteiger partial charge in [0.2, 0.25) is 0 Å². The fraction of sp³-hybridized carbons (Fsp3) is 0.500. The molecule has 0 saturated heterocycles. The van der Waals surface area contributed by atoms with Crippen LogP contribution in [0.15, 0.2) is 24.5 Å². The number of hydrogen-bond donors (Lipinski definition) is 2. The van der Waals surface area contributed by atoms with Crippen LogP contribution in [-0.2, 0) is 19.5 Å². The number of H-pyrrole nitrogens is 1. The topological polar surface area (TPSA) is 56.8 Å². The zero-order valence-corrected chi connectivity index (χ0v) is 12.8. The first-order chi connectivity index (χ1) is 10.2. The Kier molecular flexibility index (Phi) is 4.31. The second-order valence-electron chi connectivity index (χ2n) is 5.71. The molecule has 0 bridgehead atoms. The molecule has 1 unspecified atom stereocenters. The minimum Gasteiger partial charge on any atom is -0.347 e. The maximum atomic E-state index is 4.60. The quantitative estimate of drug-likeness (QED) is 0.877. The standard InChI is InChI=1S/C16H23N5/c1-3-21(9-13-6-4-5-12(2)20-13)10-14-7-15-16(8-17-14)19-11-18-15/h4-6,11,14,17H,3,7-10H2,1-2H3,(H,18,19). The van der Waals surface area contributed by atoms with Gasteiger partial charge in [0.1, 0.15) is 0 Å². The number of hydrogen-bond acceptors (Lipinski definition) is 4. The molecule has 0 radical (unpaired) electrons. The monoisotopic (exact) mass is 285 g/mol. The first kappa shape index (κ1) is 14.2. The van der Waals surface area contributed by atoms with Crippen molar-refractivity contribution in [1.82, 2.24) is 25.2 Å². The van der Waals surface area contributed by atoms with Crippen LogP contribution in [0.3, 0.4) is 0 Å². The second-order valence-corrected chi connectivity index (χ2v) is 5.71. The van der Waals surface area contributed by atoms with Gasteiger partial charge in [-0.05, 0) is 25.6 Å². The number of likely N-dealkylation sites (N-methyl/N-ethyl adjacent to an activating group) is 1. The third-order valence-electron chi connectivity index (χ3n) is 4.07. The van der Waals surface area contributed by atoms with Crippen molar-refractivity contribution in [2.75, 3.05) is 13.1 Å². The number of imidazole rings is 1. The Bertz CT molecular complexity index is 592. The highest BCUT2D eigenvalue weighted by atomic mass is 15.2. The van der Waals surface area contributed by atoms with Crippen molar-refractivity contribution >= 4 is 0 Å². The summed E-state index contributed by atoms with van der Waals surface area (Å²) in [4.78, 5) is 14.6. The normalized spacial score (nSPS) is 18.0.